The van der Waals surface area contributed by atoms with Crippen molar-refractivity contribution in [2.75, 3.05) is 36.5 Å². The first-order valence-electron chi connectivity index (χ1n) is 6.90. The lowest BCUT2D eigenvalue weighted by Crippen LogP contribution is -2.34. The average Bonchev–Trinajstić information content (AvgIpc) is 2.84. The highest BCUT2D eigenvalue weighted by Gasteiger charge is 2.22. The lowest BCUT2D eigenvalue weighted by molar-refractivity contribution is 0.323. The van der Waals surface area contributed by atoms with Gasteiger partial charge in [-0.05, 0) is 18.1 Å². The number of aryl methyl sites for hydroxylation is 1. The zero-order valence-electron chi connectivity index (χ0n) is 11.3. The monoisotopic (exact) mass is 260 g/mol. The van der Waals surface area contributed by atoms with Crippen LogP contribution >= 0.6 is 0 Å². The largest absolute Gasteiger partial charge is 0.490 e. The number of fused-ring (bicyclic) bond motifs is 1. The minimum absolute atomic E-state index is 0.612. The van der Waals surface area contributed by atoms with Crippen molar-refractivity contribution in [2.45, 2.75) is 19.8 Å². The molecule has 0 saturated heterocycles. The van der Waals surface area contributed by atoms with Crippen molar-refractivity contribution < 1.29 is 4.74 Å². The summed E-state index contributed by atoms with van der Waals surface area (Å²) in [6.45, 7) is 5.39. The summed E-state index contributed by atoms with van der Waals surface area (Å²) < 4.78 is 5.72. The highest BCUT2D eigenvalue weighted by Crippen LogP contribution is 2.36. The summed E-state index contributed by atoms with van der Waals surface area (Å²) in [7, 11) is 0. The number of nitrogens with zero attached hydrogens (tertiary/aromatic N) is 2. The molecule has 19 heavy (non-hydrogen) atoms. The van der Waals surface area contributed by atoms with Crippen molar-refractivity contribution in [3.8, 4) is 5.75 Å². The molecule has 0 aromatic heterocycles. The molecule has 2 aliphatic heterocycles. The number of rotatable bonds is 3. The Balaban J connectivity index is 2.03. The van der Waals surface area contributed by atoms with Crippen molar-refractivity contribution in [3.63, 3.8) is 0 Å². The van der Waals surface area contributed by atoms with Crippen LogP contribution in [0.4, 0.5) is 11.4 Å². The lowest BCUT2D eigenvalue weighted by Gasteiger charge is -2.26. The Kier molecular flexibility index (Phi) is 3.19. The molecule has 0 spiro atoms. The van der Waals surface area contributed by atoms with Gasteiger partial charge in [-0.3, -0.25) is 4.99 Å². The molecule has 3 rings (SSSR count). The van der Waals surface area contributed by atoms with Gasteiger partial charge in [0.05, 0.1) is 17.9 Å². The zero-order valence-corrected chi connectivity index (χ0v) is 11.3. The fraction of sp³-hybridized carbons (Fsp3) is 0.500. The molecule has 2 aliphatic rings. The second-order valence-electron chi connectivity index (χ2n) is 4.89. The number of anilines is 2. The Hall–Kier alpha value is -1.91. The van der Waals surface area contributed by atoms with E-state index in [-0.39, 0.29) is 0 Å². The van der Waals surface area contributed by atoms with E-state index in [0.29, 0.717) is 12.6 Å². The average molecular weight is 260 g/mol. The maximum Gasteiger partial charge on any atom is 0.195 e. The summed E-state index contributed by atoms with van der Waals surface area (Å²) in [5, 5.41) is 3.39. The predicted molar refractivity (Wildman–Crippen MR) is 78.3 cm³/mol. The fourth-order valence-electron chi connectivity index (χ4n) is 2.65. The minimum atomic E-state index is 0.612. The van der Waals surface area contributed by atoms with Crippen LogP contribution in [0.5, 0.6) is 5.75 Å². The van der Waals surface area contributed by atoms with Crippen LogP contribution in [0.3, 0.4) is 0 Å². The van der Waals surface area contributed by atoms with E-state index in [1.807, 2.05) is 0 Å². The summed E-state index contributed by atoms with van der Waals surface area (Å²) in [5.41, 5.74) is 9.51. The molecule has 0 aliphatic carbocycles. The van der Waals surface area contributed by atoms with Gasteiger partial charge >= 0.3 is 0 Å². The molecular weight excluding hydrogens is 240 g/mol. The third kappa shape index (κ3) is 2.20. The smallest absolute Gasteiger partial charge is 0.195 e. The molecule has 2 heterocycles. The van der Waals surface area contributed by atoms with Crippen LogP contribution in [0.1, 0.15) is 18.9 Å². The Labute approximate surface area is 113 Å². The Bertz CT molecular complexity index is 512. The first-order valence-corrected chi connectivity index (χ1v) is 6.90. The van der Waals surface area contributed by atoms with E-state index in [4.69, 9.17) is 10.5 Å². The standard InChI is InChI=1S/C14H20N4O/c1-2-3-10-8-11-13(19-7-5-16-11)9-12(10)18-6-4-17-14(18)15/h8-9,16H,2-7H2,1H3,(H2,15,17). The molecule has 1 aromatic rings. The lowest BCUT2D eigenvalue weighted by atomic mass is 10.0. The minimum Gasteiger partial charge on any atom is -0.490 e. The predicted octanol–water partition coefficient (Wildman–Crippen LogP) is 1.58. The van der Waals surface area contributed by atoms with E-state index in [2.05, 4.69) is 34.3 Å². The molecule has 5 nitrogen and oxygen atoms in total. The molecule has 0 unspecified atom stereocenters. The molecule has 3 N–H and O–H groups in total. The third-order valence-electron chi connectivity index (χ3n) is 3.54. The number of aliphatic imine (C=N–C) groups is 1. The van der Waals surface area contributed by atoms with E-state index < -0.39 is 0 Å². The normalized spacial score (nSPS) is 17.5. The van der Waals surface area contributed by atoms with Crippen molar-refractivity contribution in [2.24, 2.45) is 10.7 Å². The van der Waals surface area contributed by atoms with Crippen LogP contribution in [-0.2, 0) is 6.42 Å². The summed E-state index contributed by atoms with van der Waals surface area (Å²) in [5.74, 6) is 1.53. The third-order valence-corrected chi connectivity index (χ3v) is 3.54. The van der Waals surface area contributed by atoms with Gasteiger partial charge in [0.25, 0.3) is 0 Å². The van der Waals surface area contributed by atoms with Gasteiger partial charge < -0.3 is 20.7 Å². The molecule has 0 radical (unpaired) electrons. The fourth-order valence-corrected chi connectivity index (χ4v) is 2.65. The Morgan fingerprint density at radius 2 is 2.37 bits per heavy atom. The molecular formula is C14H20N4O. The van der Waals surface area contributed by atoms with Crippen LogP contribution in [-0.4, -0.2) is 32.2 Å². The quantitative estimate of drug-likeness (QED) is 0.866. The molecule has 0 atom stereocenters. The van der Waals surface area contributed by atoms with Gasteiger partial charge in [0.2, 0.25) is 0 Å². The Morgan fingerprint density at radius 3 is 3.11 bits per heavy atom. The van der Waals surface area contributed by atoms with Gasteiger partial charge in [-0.25, -0.2) is 0 Å². The first kappa shape index (κ1) is 12.1. The van der Waals surface area contributed by atoms with Gasteiger partial charge in [0.15, 0.2) is 5.96 Å². The molecule has 1 aromatic carbocycles. The van der Waals surface area contributed by atoms with Crippen molar-refractivity contribution in [1.82, 2.24) is 0 Å². The maximum atomic E-state index is 5.97. The number of nitrogens with two attached hydrogens (primary N) is 1. The number of benzene rings is 1. The number of nitrogens with one attached hydrogen (secondary N) is 1. The van der Waals surface area contributed by atoms with Gasteiger partial charge in [0, 0.05) is 19.2 Å². The highest BCUT2D eigenvalue weighted by atomic mass is 16.5. The topological polar surface area (TPSA) is 62.9 Å². The van der Waals surface area contributed by atoms with Gasteiger partial charge in [-0.1, -0.05) is 13.3 Å². The Morgan fingerprint density at radius 1 is 1.47 bits per heavy atom. The van der Waals surface area contributed by atoms with Gasteiger partial charge in [-0.15, -0.1) is 0 Å². The summed E-state index contributed by atoms with van der Waals surface area (Å²) in [4.78, 5) is 6.36. The zero-order chi connectivity index (χ0) is 13.2. The first-order chi connectivity index (χ1) is 9.29. The second kappa shape index (κ2) is 4.99. The molecule has 0 bridgehead atoms. The van der Waals surface area contributed by atoms with Crippen LogP contribution in [0.2, 0.25) is 0 Å². The maximum absolute atomic E-state index is 5.97. The van der Waals surface area contributed by atoms with E-state index in [9.17, 15) is 0 Å². The van der Waals surface area contributed by atoms with E-state index in [1.165, 1.54) is 5.56 Å². The molecule has 102 valence electrons. The number of hydrogen-bond donors (Lipinski definition) is 2. The van der Waals surface area contributed by atoms with Crippen LogP contribution in [0.15, 0.2) is 17.1 Å². The number of hydrogen-bond acceptors (Lipinski definition) is 5. The van der Waals surface area contributed by atoms with Crippen molar-refractivity contribution in [1.29, 1.82) is 0 Å². The summed E-state index contributed by atoms with van der Waals surface area (Å²) in [6.07, 6.45) is 2.14. The molecule has 0 saturated carbocycles. The van der Waals surface area contributed by atoms with E-state index >= 15 is 0 Å². The molecule has 5 heteroatoms. The highest BCUT2D eigenvalue weighted by molar-refractivity contribution is 5.97. The van der Waals surface area contributed by atoms with Crippen molar-refractivity contribution in [3.05, 3.63) is 17.7 Å². The summed E-state index contributed by atoms with van der Waals surface area (Å²) >= 11 is 0. The van der Waals surface area contributed by atoms with Crippen LogP contribution in [0, 0.1) is 0 Å². The summed E-state index contributed by atoms with van der Waals surface area (Å²) in [6, 6.07) is 4.29. The molecule has 0 amide bonds. The van der Waals surface area contributed by atoms with Gasteiger partial charge in [-0.2, -0.15) is 0 Å². The van der Waals surface area contributed by atoms with Crippen molar-refractivity contribution >= 4 is 17.3 Å². The number of ether oxygens (including phenoxy) is 1. The second-order valence-corrected chi connectivity index (χ2v) is 4.89. The van der Waals surface area contributed by atoms with Crippen LogP contribution < -0.4 is 20.7 Å². The van der Waals surface area contributed by atoms with Gasteiger partial charge in [0.1, 0.15) is 12.4 Å². The van der Waals surface area contributed by atoms with E-state index in [0.717, 1.165) is 49.6 Å². The SMILES string of the molecule is CCCc1cc2c(cc1N1CCN=C1N)OCCN2. The van der Waals surface area contributed by atoms with E-state index in [1.54, 1.807) is 0 Å². The molecule has 0 fully saturated rings. The van der Waals surface area contributed by atoms with Crippen LogP contribution in [0.25, 0.3) is 0 Å². The number of guanidine groups is 1.